The molecule has 104 valence electrons. The van der Waals surface area contributed by atoms with Crippen LogP contribution in [-0.4, -0.2) is 27.4 Å². The lowest BCUT2D eigenvalue weighted by atomic mass is 10.1. The first-order chi connectivity index (χ1) is 9.65. The van der Waals surface area contributed by atoms with Gasteiger partial charge in [-0.05, 0) is 17.7 Å². The highest BCUT2D eigenvalue weighted by Crippen LogP contribution is 2.20. The van der Waals surface area contributed by atoms with Crippen LogP contribution in [0.4, 0.5) is 0 Å². The van der Waals surface area contributed by atoms with E-state index in [2.05, 4.69) is 10.4 Å². The summed E-state index contributed by atoms with van der Waals surface area (Å²) in [6.45, 7) is 1.97. The number of nitrogens with one attached hydrogen (secondary N) is 1. The molecular weight excluding hydrogens is 278 g/mol. The van der Waals surface area contributed by atoms with Gasteiger partial charge in [-0.15, -0.1) is 0 Å². The normalized spacial score (nSPS) is 14.1. The highest BCUT2D eigenvalue weighted by molar-refractivity contribution is 6.30. The first kappa shape index (κ1) is 13.1. The Bertz CT molecular complexity index is 649. The number of fused-ring (bicyclic) bond motifs is 1. The van der Waals surface area contributed by atoms with Gasteiger partial charge >= 0.3 is 5.97 Å². The molecule has 1 aliphatic rings. The summed E-state index contributed by atoms with van der Waals surface area (Å²) < 4.78 is 1.79. The lowest BCUT2D eigenvalue weighted by molar-refractivity contribution is 0.0688. The summed E-state index contributed by atoms with van der Waals surface area (Å²) in [5, 5.41) is 17.4. The van der Waals surface area contributed by atoms with Crippen molar-refractivity contribution in [3.05, 3.63) is 51.8 Å². The van der Waals surface area contributed by atoms with E-state index < -0.39 is 5.97 Å². The molecule has 0 saturated heterocycles. The predicted octanol–water partition coefficient (Wildman–Crippen LogP) is 1.93. The van der Waals surface area contributed by atoms with Crippen molar-refractivity contribution >= 4 is 17.6 Å². The highest BCUT2D eigenvalue weighted by atomic mass is 35.5. The van der Waals surface area contributed by atoms with Crippen molar-refractivity contribution in [3.63, 3.8) is 0 Å². The average molecular weight is 292 g/mol. The Balaban J connectivity index is 1.97. The van der Waals surface area contributed by atoms with Crippen LogP contribution in [0, 0.1) is 0 Å². The van der Waals surface area contributed by atoms with Gasteiger partial charge in [-0.3, -0.25) is 4.68 Å². The van der Waals surface area contributed by atoms with Crippen molar-refractivity contribution in [2.45, 2.75) is 19.5 Å². The SMILES string of the molecule is O=C(O)c1nn(Cc2ccc(Cl)cc2)c2c1CNCC2. The molecule has 3 rings (SSSR count). The number of hydrogen-bond acceptors (Lipinski definition) is 3. The summed E-state index contributed by atoms with van der Waals surface area (Å²) in [6, 6.07) is 7.51. The third-order valence-electron chi connectivity index (χ3n) is 3.46. The quantitative estimate of drug-likeness (QED) is 0.907. The maximum atomic E-state index is 11.3. The molecule has 5 nitrogen and oxygen atoms in total. The fourth-order valence-corrected chi connectivity index (χ4v) is 2.61. The summed E-state index contributed by atoms with van der Waals surface area (Å²) in [5.74, 6) is -0.972. The molecule has 20 heavy (non-hydrogen) atoms. The van der Waals surface area contributed by atoms with E-state index in [1.165, 1.54) is 0 Å². The minimum atomic E-state index is -0.972. The molecule has 0 radical (unpaired) electrons. The van der Waals surface area contributed by atoms with Crippen molar-refractivity contribution in [1.29, 1.82) is 0 Å². The van der Waals surface area contributed by atoms with Crippen LogP contribution in [0.1, 0.15) is 27.3 Å². The second-order valence-corrected chi connectivity index (χ2v) is 5.23. The van der Waals surface area contributed by atoms with Gasteiger partial charge in [0.05, 0.1) is 6.54 Å². The van der Waals surface area contributed by atoms with Crippen LogP contribution >= 0.6 is 11.6 Å². The van der Waals surface area contributed by atoms with Gasteiger partial charge in [0, 0.05) is 35.8 Å². The molecule has 2 N–H and O–H groups in total. The monoisotopic (exact) mass is 291 g/mol. The van der Waals surface area contributed by atoms with Crippen LogP contribution in [0.2, 0.25) is 5.02 Å². The fraction of sp³-hybridized carbons (Fsp3) is 0.286. The zero-order valence-electron chi connectivity index (χ0n) is 10.8. The number of nitrogens with zero attached hydrogens (tertiary/aromatic N) is 2. The summed E-state index contributed by atoms with van der Waals surface area (Å²) in [4.78, 5) is 11.3. The van der Waals surface area contributed by atoms with E-state index >= 15 is 0 Å². The smallest absolute Gasteiger partial charge is 0.356 e. The van der Waals surface area contributed by atoms with E-state index in [9.17, 15) is 9.90 Å². The Kier molecular flexibility index (Phi) is 3.46. The fourth-order valence-electron chi connectivity index (χ4n) is 2.49. The Morgan fingerprint density at radius 2 is 2.15 bits per heavy atom. The highest BCUT2D eigenvalue weighted by Gasteiger charge is 2.24. The van der Waals surface area contributed by atoms with E-state index in [0.29, 0.717) is 18.1 Å². The molecule has 1 aromatic carbocycles. The average Bonchev–Trinajstić information content (AvgIpc) is 2.81. The molecule has 0 amide bonds. The summed E-state index contributed by atoms with van der Waals surface area (Å²) in [5.41, 5.74) is 3.02. The first-order valence-corrected chi connectivity index (χ1v) is 6.80. The van der Waals surface area contributed by atoms with Crippen molar-refractivity contribution in [2.75, 3.05) is 6.54 Å². The summed E-state index contributed by atoms with van der Waals surface area (Å²) in [6.07, 6.45) is 0.795. The molecular formula is C14H14ClN3O2. The van der Waals surface area contributed by atoms with Gasteiger partial charge in [0.2, 0.25) is 0 Å². The van der Waals surface area contributed by atoms with Crippen LogP contribution in [0.3, 0.4) is 0 Å². The first-order valence-electron chi connectivity index (χ1n) is 6.42. The van der Waals surface area contributed by atoms with E-state index in [1.807, 2.05) is 24.3 Å². The standard InChI is InChI=1S/C14H14ClN3O2/c15-10-3-1-9(2-4-10)8-18-12-5-6-16-7-11(12)13(17-18)14(19)20/h1-4,16H,5-8H2,(H,19,20). The number of hydrogen-bond donors (Lipinski definition) is 2. The number of aromatic carboxylic acids is 1. The maximum absolute atomic E-state index is 11.3. The lowest BCUT2D eigenvalue weighted by Gasteiger charge is -2.15. The van der Waals surface area contributed by atoms with E-state index in [-0.39, 0.29) is 5.69 Å². The van der Waals surface area contributed by atoms with Gasteiger partial charge in [0.25, 0.3) is 0 Å². The topological polar surface area (TPSA) is 67.1 Å². The summed E-state index contributed by atoms with van der Waals surface area (Å²) >= 11 is 5.87. The molecule has 1 aromatic heterocycles. The molecule has 0 spiro atoms. The molecule has 0 aliphatic carbocycles. The van der Waals surface area contributed by atoms with Crippen LogP contribution in [-0.2, 0) is 19.5 Å². The van der Waals surface area contributed by atoms with E-state index in [4.69, 9.17) is 11.6 Å². The van der Waals surface area contributed by atoms with Crippen LogP contribution in [0.15, 0.2) is 24.3 Å². The van der Waals surface area contributed by atoms with Crippen molar-refractivity contribution in [2.24, 2.45) is 0 Å². The molecule has 2 heterocycles. The molecule has 0 saturated carbocycles. The van der Waals surface area contributed by atoms with Crippen molar-refractivity contribution in [3.8, 4) is 0 Å². The summed E-state index contributed by atoms with van der Waals surface area (Å²) in [7, 11) is 0. The van der Waals surface area contributed by atoms with Crippen LogP contribution in [0.5, 0.6) is 0 Å². The number of halogens is 1. The Labute approximate surface area is 121 Å². The van der Waals surface area contributed by atoms with Crippen molar-refractivity contribution < 1.29 is 9.90 Å². The number of aromatic nitrogens is 2. The number of carbonyl (C=O) groups is 1. The van der Waals surface area contributed by atoms with E-state index in [1.54, 1.807) is 4.68 Å². The van der Waals surface area contributed by atoms with Gasteiger partial charge in [-0.25, -0.2) is 4.79 Å². The zero-order valence-corrected chi connectivity index (χ0v) is 11.5. The van der Waals surface area contributed by atoms with Gasteiger partial charge in [0.1, 0.15) is 0 Å². The molecule has 0 fully saturated rings. The van der Waals surface area contributed by atoms with Gasteiger partial charge in [0.15, 0.2) is 5.69 Å². The van der Waals surface area contributed by atoms with Crippen LogP contribution < -0.4 is 5.32 Å². The Morgan fingerprint density at radius 1 is 1.40 bits per heavy atom. The second kappa shape index (κ2) is 5.26. The number of benzene rings is 1. The lowest BCUT2D eigenvalue weighted by Crippen LogP contribution is -2.25. The van der Waals surface area contributed by atoms with Gasteiger partial charge in [-0.1, -0.05) is 23.7 Å². The van der Waals surface area contributed by atoms with E-state index in [0.717, 1.165) is 29.8 Å². The molecule has 0 bridgehead atoms. The van der Waals surface area contributed by atoms with Gasteiger partial charge in [-0.2, -0.15) is 5.10 Å². The number of rotatable bonds is 3. The third-order valence-corrected chi connectivity index (χ3v) is 3.71. The minimum absolute atomic E-state index is 0.154. The minimum Gasteiger partial charge on any atom is -0.476 e. The predicted molar refractivity (Wildman–Crippen MR) is 75.2 cm³/mol. The Morgan fingerprint density at radius 3 is 2.85 bits per heavy atom. The molecule has 1 aliphatic heterocycles. The zero-order chi connectivity index (χ0) is 14.1. The molecule has 0 atom stereocenters. The molecule has 6 heteroatoms. The van der Waals surface area contributed by atoms with Gasteiger partial charge < -0.3 is 10.4 Å². The third kappa shape index (κ3) is 2.42. The van der Waals surface area contributed by atoms with Crippen LogP contribution in [0.25, 0.3) is 0 Å². The molecule has 0 unspecified atom stereocenters. The number of carboxylic acid groups (broad SMARTS) is 1. The number of carboxylic acids is 1. The second-order valence-electron chi connectivity index (χ2n) is 4.79. The largest absolute Gasteiger partial charge is 0.476 e. The van der Waals surface area contributed by atoms with Crippen molar-refractivity contribution in [1.82, 2.24) is 15.1 Å². The maximum Gasteiger partial charge on any atom is 0.356 e. The molecule has 2 aromatic rings. The Hall–Kier alpha value is -1.85.